The van der Waals surface area contributed by atoms with Crippen LogP contribution in [0, 0.1) is 0 Å². The lowest BCUT2D eigenvalue weighted by atomic mass is 10.5. The molecule has 2 rings (SSSR count). The van der Waals surface area contributed by atoms with E-state index in [1.54, 1.807) is 6.20 Å². The van der Waals surface area contributed by atoms with E-state index in [0.29, 0.717) is 18.3 Å². The van der Waals surface area contributed by atoms with Gasteiger partial charge < -0.3 is 10.6 Å². The average Bonchev–Trinajstić information content (AvgIpc) is 2.73. The Kier molecular flexibility index (Phi) is 4.52. The second-order valence-electron chi connectivity index (χ2n) is 3.54. The highest BCUT2D eigenvalue weighted by molar-refractivity contribution is 7.15. The van der Waals surface area contributed by atoms with Gasteiger partial charge in [0.1, 0.15) is 0 Å². The molecule has 1 amide bonds. The fraction of sp³-hybridized carbons (Fsp3) is 0.556. The van der Waals surface area contributed by atoms with Crippen molar-refractivity contribution in [1.82, 2.24) is 14.8 Å². The Bertz CT molecular complexity index is 370. The van der Waals surface area contributed by atoms with E-state index in [1.165, 1.54) is 11.3 Å². The first-order chi connectivity index (χ1) is 7.19. The standard InChI is InChI=1S/C9H14N4OS.ClH/c1-2-13-6-12(5-8(13)14)4-7-3-11-9(10)15-7;/h3H,2,4-6H2,1H3,(H2,10,11);1H. The second-order valence-corrected chi connectivity index (χ2v) is 4.69. The first-order valence-electron chi connectivity index (χ1n) is 4.89. The van der Waals surface area contributed by atoms with E-state index in [9.17, 15) is 4.79 Å². The largest absolute Gasteiger partial charge is 0.375 e. The van der Waals surface area contributed by atoms with Crippen molar-refractivity contribution in [3.63, 3.8) is 0 Å². The number of nitrogens with zero attached hydrogens (tertiary/aromatic N) is 3. The molecule has 1 aliphatic rings. The third kappa shape index (κ3) is 2.84. The molecule has 90 valence electrons. The van der Waals surface area contributed by atoms with Gasteiger partial charge in [-0.25, -0.2) is 4.98 Å². The maximum absolute atomic E-state index is 11.5. The lowest BCUT2D eigenvalue weighted by molar-refractivity contribution is -0.126. The Hall–Kier alpha value is -0.850. The van der Waals surface area contributed by atoms with Crippen LogP contribution in [-0.4, -0.2) is 40.4 Å². The van der Waals surface area contributed by atoms with E-state index in [1.807, 2.05) is 11.8 Å². The molecule has 0 bridgehead atoms. The number of carbonyl (C=O) groups excluding carboxylic acids is 1. The molecule has 0 aliphatic carbocycles. The Balaban J connectivity index is 0.00000128. The van der Waals surface area contributed by atoms with E-state index >= 15 is 0 Å². The predicted octanol–water partition coefficient (Wildman–Crippen LogP) is 0.769. The quantitative estimate of drug-likeness (QED) is 0.874. The highest BCUT2D eigenvalue weighted by atomic mass is 35.5. The summed E-state index contributed by atoms with van der Waals surface area (Å²) in [6, 6.07) is 0. The van der Waals surface area contributed by atoms with Gasteiger partial charge in [0.05, 0.1) is 13.2 Å². The maximum atomic E-state index is 11.5. The van der Waals surface area contributed by atoms with Crippen LogP contribution in [0.4, 0.5) is 5.13 Å². The van der Waals surface area contributed by atoms with Gasteiger partial charge in [0.15, 0.2) is 5.13 Å². The third-order valence-corrected chi connectivity index (χ3v) is 3.23. The topological polar surface area (TPSA) is 62.5 Å². The predicted molar refractivity (Wildman–Crippen MR) is 66.4 cm³/mol. The van der Waals surface area contributed by atoms with Gasteiger partial charge in [-0.2, -0.15) is 0 Å². The van der Waals surface area contributed by atoms with Gasteiger partial charge in [0.25, 0.3) is 0 Å². The molecule has 7 heteroatoms. The van der Waals surface area contributed by atoms with E-state index < -0.39 is 0 Å². The monoisotopic (exact) mass is 262 g/mol. The minimum absolute atomic E-state index is 0. The van der Waals surface area contributed by atoms with Crippen LogP contribution in [0.2, 0.25) is 0 Å². The highest BCUT2D eigenvalue weighted by Gasteiger charge is 2.26. The molecular weight excluding hydrogens is 248 g/mol. The summed E-state index contributed by atoms with van der Waals surface area (Å²) in [5, 5.41) is 0.586. The highest BCUT2D eigenvalue weighted by Crippen LogP contribution is 2.18. The lowest BCUT2D eigenvalue weighted by Crippen LogP contribution is -2.26. The molecule has 2 heterocycles. The summed E-state index contributed by atoms with van der Waals surface area (Å²) in [6.45, 7) is 4.75. The minimum Gasteiger partial charge on any atom is -0.375 e. The average molecular weight is 263 g/mol. The van der Waals surface area contributed by atoms with Gasteiger partial charge in [0, 0.05) is 24.2 Å². The SMILES string of the molecule is CCN1CN(Cc2cnc(N)s2)CC1=O.Cl. The number of aromatic nitrogens is 1. The zero-order valence-corrected chi connectivity index (χ0v) is 10.7. The summed E-state index contributed by atoms with van der Waals surface area (Å²) in [4.78, 5) is 20.5. The number of amides is 1. The van der Waals surface area contributed by atoms with Crippen LogP contribution in [0.1, 0.15) is 11.8 Å². The Morgan fingerprint density at radius 3 is 2.88 bits per heavy atom. The molecule has 0 atom stereocenters. The molecule has 0 saturated carbocycles. The van der Waals surface area contributed by atoms with Gasteiger partial charge in [-0.15, -0.1) is 23.7 Å². The smallest absolute Gasteiger partial charge is 0.237 e. The number of rotatable bonds is 3. The van der Waals surface area contributed by atoms with Crippen molar-refractivity contribution in [2.45, 2.75) is 13.5 Å². The molecule has 1 aromatic rings. The molecule has 1 aliphatic heterocycles. The summed E-state index contributed by atoms with van der Waals surface area (Å²) in [5.41, 5.74) is 5.55. The first kappa shape index (κ1) is 13.2. The van der Waals surface area contributed by atoms with E-state index in [2.05, 4.69) is 9.88 Å². The van der Waals surface area contributed by atoms with Crippen molar-refractivity contribution in [3.8, 4) is 0 Å². The number of nitrogen functional groups attached to an aromatic ring is 1. The summed E-state index contributed by atoms with van der Waals surface area (Å²) in [5.74, 6) is 0.204. The fourth-order valence-corrected chi connectivity index (χ4v) is 2.39. The van der Waals surface area contributed by atoms with Crippen molar-refractivity contribution in [2.75, 3.05) is 25.5 Å². The van der Waals surface area contributed by atoms with Crippen LogP contribution in [0.5, 0.6) is 0 Å². The zero-order valence-electron chi connectivity index (χ0n) is 9.05. The van der Waals surface area contributed by atoms with E-state index in [-0.39, 0.29) is 18.3 Å². The van der Waals surface area contributed by atoms with Crippen LogP contribution in [-0.2, 0) is 11.3 Å². The van der Waals surface area contributed by atoms with Crippen molar-refractivity contribution < 1.29 is 4.79 Å². The number of nitrogens with two attached hydrogens (primary N) is 1. The number of hydrogen-bond donors (Lipinski definition) is 1. The molecule has 0 aromatic carbocycles. The number of hydrogen-bond acceptors (Lipinski definition) is 5. The Morgan fingerprint density at radius 2 is 2.38 bits per heavy atom. The van der Waals surface area contributed by atoms with Crippen molar-refractivity contribution in [1.29, 1.82) is 0 Å². The van der Waals surface area contributed by atoms with Gasteiger partial charge in [0.2, 0.25) is 5.91 Å². The minimum atomic E-state index is 0. The van der Waals surface area contributed by atoms with Crippen LogP contribution in [0.25, 0.3) is 0 Å². The number of thiazole rings is 1. The van der Waals surface area contributed by atoms with Crippen LogP contribution in [0.3, 0.4) is 0 Å². The summed E-state index contributed by atoms with van der Waals surface area (Å²) in [7, 11) is 0. The molecule has 0 spiro atoms. The number of likely N-dealkylation sites (N-methyl/N-ethyl adjacent to an activating group) is 1. The van der Waals surface area contributed by atoms with E-state index in [0.717, 1.165) is 18.0 Å². The third-order valence-electron chi connectivity index (χ3n) is 2.41. The molecule has 0 unspecified atom stereocenters. The second kappa shape index (κ2) is 5.47. The summed E-state index contributed by atoms with van der Waals surface area (Å²) in [6.07, 6.45) is 1.78. The lowest BCUT2D eigenvalue weighted by Gasteiger charge is -2.14. The van der Waals surface area contributed by atoms with Crippen LogP contribution >= 0.6 is 23.7 Å². The zero-order chi connectivity index (χ0) is 10.8. The molecule has 1 fully saturated rings. The fourth-order valence-electron chi connectivity index (χ4n) is 1.66. The Morgan fingerprint density at radius 1 is 1.62 bits per heavy atom. The molecule has 2 N–H and O–H groups in total. The number of carbonyl (C=O) groups is 1. The van der Waals surface area contributed by atoms with Crippen molar-refractivity contribution in [3.05, 3.63) is 11.1 Å². The van der Waals surface area contributed by atoms with Gasteiger partial charge in [-0.05, 0) is 6.92 Å². The molecule has 0 radical (unpaired) electrons. The van der Waals surface area contributed by atoms with Gasteiger partial charge >= 0.3 is 0 Å². The van der Waals surface area contributed by atoms with Gasteiger partial charge in [-0.1, -0.05) is 0 Å². The first-order valence-corrected chi connectivity index (χ1v) is 5.71. The molecule has 5 nitrogen and oxygen atoms in total. The number of anilines is 1. The van der Waals surface area contributed by atoms with Crippen molar-refractivity contribution in [2.24, 2.45) is 0 Å². The maximum Gasteiger partial charge on any atom is 0.237 e. The number of halogens is 1. The molecular formula is C9H15ClN4OS. The summed E-state index contributed by atoms with van der Waals surface area (Å²) >= 11 is 1.48. The van der Waals surface area contributed by atoms with Gasteiger partial charge in [-0.3, -0.25) is 9.69 Å². The van der Waals surface area contributed by atoms with Crippen LogP contribution in [0.15, 0.2) is 6.20 Å². The molecule has 1 saturated heterocycles. The van der Waals surface area contributed by atoms with Crippen LogP contribution < -0.4 is 5.73 Å². The molecule has 1 aromatic heterocycles. The van der Waals surface area contributed by atoms with E-state index in [4.69, 9.17) is 5.73 Å². The Labute approximate surface area is 105 Å². The normalized spacial score (nSPS) is 16.6. The molecule has 16 heavy (non-hydrogen) atoms. The van der Waals surface area contributed by atoms with Crippen molar-refractivity contribution >= 4 is 34.8 Å². The summed E-state index contributed by atoms with van der Waals surface area (Å²) < 4.78 is 0.